The van der Waals surface area contributed by atoms with Gasteiger partial charge >= 0.3 is 0 Å². The number of rotatable bonds is 3. The van der Waals surface area contributed by atoms with Crippen molar-refractivity contribution in [3.63, 3.8) is 0 Å². The van der Waals surface area contributed by atoms with Gasteiger partial charge in [-0.2, -0.15) is 0 Å². The Bertz CT molecular complexity index is 406. The number of hydrogen-bond acceptors (Lipinski definition) is 2. The third-order valence-electron chi connectivity index (χ3n) is 2.89. The minimum atomic E-state index is 0.165. The van der Waals surface area contributed by atoms with Gasteiger partial charge in [-0.1, -0.05) is 22.0 Å². The third-order valence-corrected chi connectivity index (χ3v) is 3.75. The molecule has 0 radical (unpaired) electrons. The summed E-state index contributed by atoms with van der Waals surface area (Å²) in [5.74, 6) is 0.165. The van der Waals surface area contributed by atoms with E-state index in [1.807, 2.05) is 12.1 Å². The molecule has 1 fully saturated rings. The Labute approximate surface area is 104 Å². The fraction of sp³-hybridized carbons (Fsp3) is 0.417. The van der Waals surface area contributed by atoms with Gasteiger partial charge < -0.3 is 10.6 Å². The number of anilines is 1. The molecule has 1 aromatic rings. The van der Waals surface area contributed by atoms with E-state index < -0.39 is 0 Å². The minimum Gasteiger partial charge on any atom is -0.383 e. The number of amides is 1. The quantitative estimate of drug-likeness (QED) is 0.894. The number of hydrogen-bond donors (Lipinski definition) is 2. The van der Waals surface area contributed by atoms with E-state index in [-0.39, 0.29) is 11.9 Å². The van der Waals surface area contributed by atoms with Crippen LogP contribution in [0.25, 0.3) is 0 Å². The van der Waals surface area contributed by atoms with Crippen molar-refractivity contribution in [2.75, 3.05) is 11.9 Å². The van der Waals surface area contributed by atoms with E-state index in [1.165, 1.54) is 5.56 Å². The lowest BCUT2D eigenvalue weighted by atomic mass is 10.2. The molecular formula is C12H15BrN2O. The molecule has 1 heterocycles. The predicted molar refractivity (Wildman–Crippen MR) is 68.5 cm³/mol. The summed E-state index contributed by atoms with van der Waals surface area (Å²) < 4.78 is 1.10. The summed E-state index contributed by atoms with van der Waals surface area (Å²) in [7, 11) is 0. The lowest BCUT2D eigenvalue weighted by molar-refractivity contribution is -0.119. The molecular weight excluding hydrogens is 268 g/mol. The molecule has 0 spiro atoms. The Hall–Kier alpha value is -1.03. The summed E-state index contributed by atoms with van der Waals surface area (Å²) in [5.41, 5.74) is 2.32. The van der Waals surface area contributed by atoms with Crippen LogP contribution in [0.15, 0.2) is 22.7 Å². The molecule has 1 saturated heterocycles. The van der Waals surface area contributed by atoms with Crippen LogP contribution < -0.4 is 10.6 Å². The maximum atomic E-state index is 11.0. The van der Waals surface area contributed by atoms with Gasteiger partial charge in [-0.25, -0.2) is 0 Å². The van der Waals surface area contributed by atoms with Crippen molar-refractivity contribution in [1.29, 1.82) is 0 Å². The molecule has 0 bridgehead atoms. The first kappa shape index (κ1) is 11.5. The number of benzene rings is 1. The van der Waals surface area contributed by atoms with Crippen molar-refractivity contribution < 1.29 is 4.79 Å². The summed E-state index contributed by atoms with van der Waals surface area (Å²) in [6, 6.07) is 6.35. The summed E-state index contributed by atoms with van der Waals surface area (Å²) >= 11 is 3.50. The highest BCUT2D eigenvalue weighted by molar-refractivity contribution is 9.10. The van der Waals surface area contributed by atoms with E-state index in [4.69, 9.17) is 0 Å². The molecule has 0 saturated carbocycles. The highest BCUT2D eigenvalue weighted by atomic mass is 79.9. The molecule has 1 aromatic carbocycles. The first-order valence-electron chi connectivity index (χ1n) is 5.45. The smallest absolute Gasteiger partial charge is 0.220 e. The van der Waals surface area contributed by atoms with Gasteiger partial charge in [0.1, 0.15) is 0 Å². The second-order valence-electron chi connectivity index (χ2n) is 4.10. The molecule has 4 heteroatoms. The zero-order valence-electron chi connectivity index (χ0n) is 9.22. The second kappa shape index (κ2) is 4.87. The Morgan fingerprint density at radius 3 is 3.06 bits per heavy atom. The van der Waals surface area contributed by atoms with Crippen molar-refractivity contribution in [3.05, 3.63) is 28.2 Å². The number of nitrogens with one attached hydrogen (secondary N) is 2. The molecule has 2 N–H and O–H groups in total. The van der Waals surface area contributed by atoms with Crippen LogP contribution >= 0.6 is 15.9 Å². The van der Waals surface area contributed by atoms with Crippen LogP contribution in [0, 0.1) is 6.92 Å². The second-order valence-corrected chi connectivity index (χ2v) is 4.95. The molecule has 1 amide bonds. The average molecular weight is 283 g/mol. The fourth-order valence-corrected chi connectivity index (χ4v) is 2.23. The van der Waals surface area contributed by atoms with Gasteiger partial charge in [-0.05, 0) is 31.0 Å². The summed E-state index contributed by atoms with van der Waals surface area (Å²) in [4.78, 5) is 11.0. The average Bonchev–Trinajstić information content (AvgIpc) is 2.67. The van der Waals surface area contributed by atoms with Gasteiger partial charge in [0.2, 0.25) is 5.91 Å². The van der Waals surface area contributed by atoms with E-state index in [0.717, 1.165) is 23.1 Å². The third kappa shape index (κ3) is 2.55. The monoisotopic (exact) mass is 282 g/mol. The van der Waals surface area contributed by atoms with Gasteiger partial charge in [0.15, 0.2) is 0 Å². The van der Waals surface area contributed by atoms with Crippen LogP contribution in [0.1, 0.15) is 18.4 Å². The lowest BCUT2D eigenvalue weighted by Gasteiger charge is -2.14. The maximum absolute atomic E-state index is 11.0. The Kier molecular flexibility index (Phi) is 3.49. The van der Waals surface area contributed by atoms with Crippen LogP contribution in [0.5, 0.6) is 0 Å². The van der Waals surface area contributed by atoms with E-state index in [2.05, 4.69) is 39.6 Å². The molecule has 0 aromatic heterocycles. The number of halogens is 1. The van der Waals surface area contributed by atoms with E-state index in [0.29, 0.717) is 6.42 Å². The standard InChI is InChI=1S/C12H15BrN2O/c1-8-10(13)3-2-4-11(8)14-7-9-5-6-12(16)15-9/h2-4,9,14H,5-7H2,1H3,(H,15,16). The molecule has 1 aliphatic rings. The zero-order chi connectivity index (χ0) is 11.5. The SMILES string of the molecule is Cc1c(Br)cccc1NCC1CCC(=O)N1. The van der Waals surface area contributed by atoms with Crippen molar-refractivity contribution >= 4 is 27.5 Å². The largest absolute Gasteiger partial charge is 0.383 e. The topological polar surface area (TPSA) is 41.1 Å². The first-order valence-corrected chi connectivity index (χ1v) is 6.24. The van der Waals surface area contributed by atoms with Gasteiger partial charge in [-0.3, -0.25) is 4.79 Å². The van der Waals surface area contributed by atoms with Crippen molar-refractivity contribution in [1.82, 2.24) is 5.32 Å². The van der Waals surface area contributed by atoms with Crippen molar-refractivity contribution in [3.8, 4) is 0 Å². The molecule has 2 rings (SSSR count). The Balaban J connectivity index is 1.94. The van der Waals surface area contributed by atoms with Crippen molar-refractivity contribution in [2.45, 2.75) is 25.8 Å². The van der Waals surface area contributed by atoms with Crippen LogP contribution in [-0.4, -0.2) is 18.5 Å². The molecule has 0 aliphatic carbocycles. The van der Waals surface area contributed by atoms with Crippen LogP contribution in [-0.2, 0) is 4.79 Å². The Morgan fingerprint density at radius 2 is 2.38 bits per heavy atom. The lowest BCUT2D eigenvalue weighted by Crippen LogP contribution is -2.31. The van der Waals surface area contributed by atoms with Crippen LogP contribution in [0.2, 0.25) is 0 Å². The van der Waals surface area contributed by atoms with Crippen molar-refractivity contribution in [2.24, 2.45) is 0 Å². The van der Waals surface area contributed by atoms with Crippen LogP contribution in [0.4, 0.5) is 5.69 Å². The molecule has 3 nitrogen and oxygen atoms in total. The fourth-order valence-electron chi connectivity index (χ4n) is 1.86. The molecule has 16 heavy (non-hydrogen) atoms. The summed E-state index contributed by atoms with van der Waals surface area (Å²) in [5, 5.41) is 6.32. The van der Waals surface area contributed by atoms with E-state index in [1.54, 1.807) is 0 Å². The minimum absolute atomic E-state index is 0.165. The molecule has 86 valence electrons. The van der Waals surface area contributed by atoms with Gasteiger partial charge in [-0.15, -0.1) is 0 Å². The van der Waals surface area contributed by atoms with Gasteiger partial charge in [0.05, 0.1) is 0 Å². The molecule has 1 aliphatic heterocycles. The van der Waals surface area contributed by atoms with E-state index >= 15 is 0 Å². The zero-order valence-corrected chi connectivity index (χ0v) is 10.8. The number of carbonyl (C=O) groups is 1. The molecule has 1 unspecified atom stereocenters. The van der Waals surface area contributed by atoms with Gasteiger partial charge in [0, 0.05) is 29.2 Å². The highest BCUT2D eigenvalue weighted by Crippen LogP contribution is 2.23. The number of carbonyl (C=O) groups excluding carboxylic acids is 1. The predicted octanol–water partition coefficient (Wildman–Crippen LogP) is 2.45. The van der Waals surface area contributed by atoms with Gasteiger partial charge in [0.25, 0.3) is 0 Å². The normalized spacial score (nSPS) is 19.6. The first-order chi connectivity index (χ1) is 7.66. The summed E-state index contributed by atoms with van der Waals surface area (Å²) in [6.07, 6.45) is 1.59. The summed E-state index contributed by atoms with van der Waals surface area (Å²) in [6.45, 7) is 2.86. The Morgan fingerprint density at radius 1 is 1.56 bits per heavy atom. The molecule has 1 atom stereocenters. The van der Waals surface area contributed by atoms with E-state index in [9.17, 15) is 4.79 Å². The maximum Gasteiger partial charge on any atom is 0.220 e. The highest BCUT2D eigenvalue weighted by Gasteiger charge is 2.20. The van der Waals surface area contributed by atoms with Crippen LogP contribution in [0.3, 0.4) is 0 Å².